The van der Waals surface area contributed by atoms with E-state index in [1.54, 1.807) is 25.1 Å². The molecule has 0 aliphatic carbocycles. The predicted molar refractivity (Wildman–Crippen MR) is 85.9 cm³/mol. The van der Waals surface area contributed by atoms with Crippen molar-refractivity contribution in [2.24, 2.45) is 0 Å². The number of carbonyl (C=O) groups is 1. The normalized spacial score (nSPS) is 11.8. The molecule has 2 aromatic carbocycles. The molecule has 0 bridgehead atoms. The van der Waals surface area contributed by atoms with Crippen LogP contribution in [0.1, 0.15) is 18.5 Å². The van der Waals surface area contributed by atoms with Crippen LogP contribution in [0.2, 0.25) is 10.0 Å². The lowest BCUT2D eigenvalue weighted by molar-refractivity contribution is -0.144. The smallest absolute Gasteiger partial charge is 0.333 e. The van der Waals surface area contributed by atoms with E-state index in [0.29, 0.717) is 22.2 Å². The van der Waals surface area contributed by atoms with Crippen LogP contribution >= 0.6 is 23.2 Å². The van der Waals surface area contributed by atoms with Crippen molar-refractivity contribution in [1.82, 2.24) is 0 Å². The minimum Gasteiger partial charge on any atom is -0.464 e. The second kappa shape index (κ2) is 7.34. The molecule has 0 fully saturated rings. The maximum atomic E-state index is 12.2. The molecule has 2 aromatic rings. The highest BCUT2D eigenvalue weighted by atomic mass is 35.5. The van der Waals surface area contributed by atoms with Crippen LogP contribution in [0.5, 0.6) is 0 Å². The molecule has 0 heterocycles. The molecular formula is C16H15Cl2NO2. The fourth-order valence-electron chi connectivity index (χ4n) is 1.90. The van der Waals surface area contributed by atoms with Gasteiger partial charge < -0.3 is 10.1 Å². The fraction of sp³-hybridized carbons (Fsp3) is 0.188. The van der Waals surface area contributed by atoms with Gasteiger partial charge >= 0.3 is 5.97 Å². The second-order valence-corrected chi connectivity index (χ2v) is 5.18. The number of nitrogens with one attached hydrogen (secondary N) is 1. The lowest BCUT2D eigenvalue weighted by Crippen LogP contribution is -2.23. The highest BCUT2D eigenvalue weighted by Gasteiger charge is 2.22. The predicted octanol–water partition coefficient (Wildman–Crippen LogP) is 4.71. The zero-order valence-corrected chi connectivity index (χ0v) is 13.0. The van der Waals surface area contributed by atoms with Crippen LogP contribution in [-0.2, 0) is 9.53 Å². The summed E-state index contributed by atoms with van der Waals surface area (Å²) in [4.78, 5) is 12.2. The molecule has 0 saturated carbocycles. The van der Waals surface area contributed by atoms with Gasteiger partial charge in [0.15, 0.2) is 6.04 Å². The Morgan fingerprint density at radius 2 is 1.86 bits per heavy atom. The zero-order chi connectivity index (χ0) is 15.2. The van der Waals surface area contributed by atoms with Gasteiger partial charge in [-0.25, -0.2) is 4.79 Å². The summed E-state index contributed by atoms with van der Waals surface area (Å²) in [5.74, 6) is -0.361. The average molecular weight is 324 g/mol. The van der Waals surface area contributed by atoms with Crippen LogP contribution in [-0.4, -0.2) is 12.6 Å². The van der Waals surface area contributed by atoms with E-state index in [1.165, 1.54) is 0 Å². The van der Waals surface area contributed by atoms with Gasteiger partial charge in [-0.05, 0) is 36.8 Å². The van der Waals surface area contributed by atoms with Crippen molar-refractivity contribution >= 4 is 34.9 Å². The Labute approximate surface area is 133 Å². The van der Waals surface area contributed by atoms with Crippen molar-refractivity contribution in [1.29, 1.82) is 0 Å². The van der Waals surface area contributed by atoms with Crippen molar-refractivity contribution in [3.05, 3.63) is 64.1 Å². The van der Waals surface area contributed by atoms with Crippen molar-refractivity contribution < 1.29 is 9.53 Å². The second-order valence-electron chi connectivity index (χ2n) is 4.37. The Bertz CT molecular complexity index is 617. The Morgan fingerprint density at radius 3 is 2.48 bits per heavy atom. The first kappa shape index (κ1) is 15.7. The molecule has 0 amide bonds. The summed E-state index contributed by atoms with van der Waals surface area (Å²) < 4.78 is 5.12. The molecule has 0 radical (unpaired) electrons. The summed E-state index contributed by atoms with van der Waals surface area (Å²) in [5.41, 5.74) is 1.52. The molecule has 1 unspecified atom stereocenters. The molecule has 21 heavy (non-hydrogen) atoms. The van der Waals surface area contributed by atoms with E-state index < -0.39 is 6.04 Å². The number of hydrogen-bond donors (Lipinski definition) is 1. The molecule has 1 atom stereocenters. The standard InChI is InChI=1S/C16H15Cl2NO2/c1-2-21-16(20)15(19-12-6-4-3-5-7-12)11-8-9-13(17)14(18)10-11/h3-10,15,19H,2H2,1H3. The number of anilines is 1. The first-order chi connectivity index (χ1) is 10.1. The highest BCUT2D eigenvalue weighted by Crippen LogP contribution is 2.28. The number of benzene rings is 2. The topological polar surface area (TPSA) is 38.3 Å². The van der Waals surface area contributed by atoms with Crippen LogP contribution in [0.25, 0.3) is 0 Å². The molecule has 0 aliphatic rings. The number of ether oxygens (including phenoxy) is 1. The minimum atomic E-state index is -0.637. The Balaban J connectivity index is 2.31. The summed E-state index contributed by atoms with van der Waals surface area (Å²) in [5, 5.41) is 4.00. The Morgan fingerprint density at radius 1 is 1.14 bits per heavy atom. The monoisotopic (exact) mass is 323 g/mol. The maximum absolute atomic E-state index is 12.2. The molecule has 0 saturated heterocycles. The van der Waals surface area contributed by atoms with Crippen LogP contribution in [0, 0.1) is 0 Å². The van der Waals surface area contributed by atoms with E-state index in [-0.39, 0.29) is 5.97 Å². The number of esters is 1. The highest BCUT2D eigenvalue weighted by molar-refractivity contribution is 6.42. The van der Waals surface area contributed by atoms with Gasteiger partial charge in [0.25, 0.3) is 0 Å². The maximum Gasteiger partial charge on any atom is 0.333 e. The van der Waals surface area contributed by atoms with Gasteiger partial charge in [0, 0.05) is 5.69 Å². The van der Waals surface area contributed by atoms with Gasteiger partial charge in [0.05, 0.1) is 16.7 Å². The van der Waals surface area contributed by atoms with E-state index in [1.807, 2.05) is 30.3 Å². The van der Waals surface area contributed by atoms with Gasteiger partial charge in [-0.1, -0.05) is 47.5 Å². The summed E-state index contributed by atoms with van der Waals surface area (Å²) in [6, 6.07) is 13.9. The van der Waals surface area contributed by atoms with E-state index >= 15 is 0 Å². The SMILES string of the molecule is CCOC(=O)C(Nc1ccccc1)c1ccc(Cl)c(Cl)c1. The quantitative estimate of drug-likeness (QED) is 0.810. The van der Waals surface area contributed by atoms with Crippen molar-refractivity contribution in [2.45, 2.75) is 13.0 Å². The van der Waals surface area contributed by atoms with Gasteiger partial charge in [0.1, 0.15) is 0 Å². The molecule has 110 valence electrons. The zero-order valence-electron chi connectivity index (χ0n) is 11.5. The number of rotatable bonds is 5. The van der Waals surface area contributed by atoms with Crippen molar-refractivity contribution in [3.8, 4) is 0 Å². The van der Waals surface area contributed by atoms with Gasteiger partial charge in [0.2, 0.25) is 0 Å². The third-order valence-corrected chi connectivity index (χ3v) is 3.62. The Hall–Kier alpha value is -1.71. The average Bonchev–Trinajstić information content (AvgIpc) is 2.49. The molecule has 5 heteroatoms. The molecule has 0 aliphatic heterocycles. The summed E-state index contributed by atoms with van der Waals surface area (Å²) in [6.07, 6.45) is 0. The Kier molecular flexibility index (Phi) is 5.48. The van der Waals surface area contributed by atoms with E-state index in [4.69, 9.17) is 27.9 Å². The lowest BCUT2D eigenvalue weighted by Gasteiger charge is -2.19. The third kappa shape index (κ3) is 4.13. The van der Waals surface area contributed by atoms with Gasteiger partial charge in [-0.15, -0.1) is 0 Å². The first-order valence-corrected chi connectivity index (χ1v) is 7.30. The van der Waals surface area contributed by atoms with Gasteiger partial charge in [-0.3, -0.25) is 0 Å². The summed E-state index contributed by atoms with van der Waals surface area (Å²) >= 11 is 11.9. The first-order valence-electron chi connectivity index (χ1n) is 6.55. The van der Waals surface area contributed by atoms with Crippen molar-refractivity contribution in [2.75, 3.05) is 11.9 Å². The summed E-state index contributed by atoms with van der Waals surface area (Å²) in [6.45, 7) is 2.08. The largest absolute Gasteiger partial charge is 0.464 e. The van der Waals surface area contributed by atoms with Gasteiger partial charge in [-0.2, -0.15) is 0 Å². The molecule has 1 N–H and O–H groups in total. The van der Waals surface area contributed by atoms with E-state index in [2.05, 4.69) is 5.32 Å². The molecule has 3 nitrogen and oxygen atoms in total. The molecular weight excluding hydrogens is 309 g/mol. The third-order valence-electron chi connectivity index (χ3n) is 2.88. The number of carbonyl (C=O) groups excluding carboxylic acids is 1. The minimum absolute atomic E-state index is 0.313. The molecule has 2 rings (SSSR count). The number of hydrogen-bond acceptors (Lipinski definition) is 3. The number of para-hydroxylation sites is 1. The van der Waals surface area contributed by atoms with Crippen LogP contribution in [0.15, 0.2) is 48.5 Å². The molecule has 0 aromatic heterocycles. The summed E-state index contributed by atoms with van der Waals surface area (Å²) in [7, 11) is 0. The van der Waals surface area contributed by atoms with E-state index in [0.717, 1.165) is 5.69 Å². The van der Waals surface area contributed by atoms with Crippen LogP contribution in [0.3, 0.4) is 0 Å². The van der Waals surface area contributed by atoms with Crippen molar-refractivity contribution in [3.63, 3.8) is 0 Å². The van der Waals surface area contributed by atoms with Crippen LogP contribution < -0.4 is 5.32 Å². The fourth-order valence-corrected chi connectivity index (χ4v) is 2.20. The van der Waals surface area contributed by atoms with Crippen LogP contribution in [0.4, 0.5) is 5.69 Å². The lowest BCUT2D eigenvalue weighted by atomic mass is 10.1. The number of halogens is 2. The molecule has 0 spiro atoms. The van der Waals surface area contributed by atoms with E-state index in [9.17, 15) is 4.79 Å².